The highest BCUT2D eigenvalue weighted by molar-refractivity contribution is 5.82. The summed E-state index contributed by atoms with van der Waals surface area (Å²) in [5.41, 5.74) is -0.782. The number of ether oxygens (including phenoxy) is 3. The second kappa shape index (κ2) is 6.46. The first-order chi connectivity index (χ1) is 11.8. The molecule has 0 aromatic carbocycles. The lowest BCUT2D eigenvalue weighted by molar-refractivity contribution is -0.173. The van der Waals surface area contributed by atoms with Crippen LogP contribution in [0.2, 0.25) is 0 Å². The summed E-state index contributed by atoms with van der Waals surface area (Å²) in [5.74, 6) is -0.828. The molecule has 1 heterocycles. The Morgan fingerprint density at radius 3 is 2.72 bits per heavy atom. The minimum absolute atomic E-state index is 0.0182. The average molecular weight is 350 g/mol. The Bertz CT molecular complexity index is 609. The molecule has 3 fully saturated rings. The molecule has 0 aromatic heterocycles. The van der Waals surface area contributed by atoms with Gasteiger partial charge in [-0.1, -0.05) is 26.0 Å². The highest BCUT2D eigenvalue weighted by Gasteiger charge is 2.63. The van der Waals surface area contributed by atoms with E-state index in [2.05, 4.69) is 0 Å². The van der Waals surface area contributed by atoms with Gasteiger partial charge in [-0.15, -0.1) is 0 Å². The number of carbonyl (C=O) groups is 3. The van der Waals surface area contributed by atoms with E-state index < -0.39 is 30.1 Å². The Labute approximate surface area is 147 Å². The third-order valence-electron chi connectivity index (χ3n) is 6.15. The molecule has 1 saturated heterocycles. The van der Waals surface area contributed by atoms with Crippen molar-refractivity contribution >= 4 is 17.9 Å². The molecule has 3 aliphatic rings. The summed E-state index contributed by atoms with van der Waals surface area (Å²) in [5, 5.41) is 0. The van der Waals surface area contributed by atoms with Crippen molar-refractivity contribution in [2.75, 3.05) is 6.61 Å². The number of fused-ring (bicyclic) bond motifs is 1. The molecule has 25 heavy (non-hydrogen) atoms. The van der Waals surface area contributed by atoms with Crippen LogP contribution >= 0.6 is 0 Å². The molecule has 0 spiro atoms. The first-order valence-corrected chi connectivity index (χ1v) is 8.99. The second-order valence-electron chi connectivity index (χ2n) is 7.87. The van der Waals surface area contributed by atoms with E-state index in [0.717, 1.165) is 12.8 Å². The summed E-state index contributed by atoms with van der Waals surface area (Å²) < 4.78 is 16.1. The predicted octanol–water partition coefficient (Wildman–Crippen LogP) is 2.26. The molecular formula is C19H26O6. The van der Waals surface area contributed by atoms with Crippen molar-refractivity contribution < 1.29 is 28.6 Å². The molecule has 2 saturated carbocycles. The zero-order chi connectivity index (χ0) is 18.4. The standard InChI is InChI=1S/C19H26O6/c1-5-6-19(4,10(2)3)18(22)23-9-14(20)24-15-11-7-12-13(8-11)17(21)25-16(12)15/h5-6,10-13,15-16H,7-9H2,1-4H3/b6-5-. The molecule has 6 atom stereocenters. The number of carbonyl (C=O) groups excluding carboxylic acids is 3. The van der Waals surface area contributed by atoms with E-state index in [-0.39, 0.29) is 35.7 Å². The van der Waals surface area contributed by atoms with Crippen molar-refractivity contribution in [3.8, 4) is 0 Å². The lowest BCUT2D eigenvalue weighted by atomic mass is 9.79. The molecule has 6 nitrogen and oxygen atoms in total. The lowest BCUT2D eigenvalue weighted by Crippen LogP contribution is -2.38. The van der Waals surface area contributed by atoms with Gasteiger partial charge in [0.1, 0.15) is 12.2 Å². The third-order valence-corrected chi connectivity index (χ3v) is 6.15. The van der Waals surface area contributed by atoms with Crippen molar-refractivity contribution in [2.24, 2.45) is 29.1 Å². The minimum atomic E-state index is -0.782. The maximum absolute atomic E-state index is 12.4. The highest BCUT2D eigenvalue weighted by atomic mass is 16.6. The van der Waals surface area contributed by atoms with Crippen LogP contribution in [0.5, 0.6) is 0 Å². The van der Waals surface area contributed by atoms with Crippen LogP contribution in [0.1, 0.15) is 40.5 Å². The molecule has 0 N–H and O–H groups in total. The van der Waals surface area contributed by atoms with E-state index in [4.69, 9.17) is 14.2 Å². The highest BCUT2D eigenvalue weighted by Crippen LogP contribution is 2.55. The topological polar surface area (TPSA) is 78.9 Å². The zero-order valence-electron chi connectivity index (χ0n) is 15.2. The third kappa shape index (κ3) is 2.96. The predicted molar refractivity (Wildman–Crippen MR) is 88.2 cm³/mol. The van der Waals surface area contributed by atoms with Crippen LogP contribution in [0.4, 0.5) is 0 Å². The molecule has 0 aromatic rings. The Morgan fingerprint density at radius 1 is 1.36 bits per heavy atom. The van der Waals surface area contributed by atoms with Gasteiger partial charge in [0, 0.05) is 11.8 Å². The largest absolute Gasteiger partial charge is 0.458 e. The van der Waals surface area contributed by atoms with Crippen molar-refractivity contribution in [3.05, 3.63) is 12.2 Å². The Balaban J connectivity index is 1.54. The Kier molecular flexibility index (Phi) is 4.64. The number of allylic oxidation sites excluding steroid dienone is 1. The number of hydrogen-bond acceptors (Lipinski definition) is 6. The minimum Gasteiger partial charge on any atom is -0.458 e. The van der Waals surface area contributed by atoms with Crippen LogP contribution in [-0.2, 0) is 28.6 Å². The smallest absolute Gasteiger partial charge is 0.344 e. The van der Waals surface area contributed by atoms with Crippen molar-refractivity contribution in [1.82, 2.24) is 0 Å². The van der Waals surface area contributed by atoms with E-state index in [9.17, 15) is 14.4 Å². The quantitative estimate of drug-likeness (QED) is 0.415. The SMILES string of the molecule is C/C=C\C(C)(C(=O)OCC(=O)OC1C2CC3C(=O)OC1C3C2)C(C)C. The van der Waals surface area contributed by atoms with Gasteiger partial charge in [-0.05, 0) is 32.6 Å². The van der Waals surface area contributed by atoms with Crippen LogP contribution in [0.3, 0.4) is 0 Å². The summed E-state index contributed by atoms with van der Waals surface area (Å²) in [6, 6.07) is 0. The van der Waals surface area contributed by atoms with E-state index in [1.54, 1.807) is 19.1 Å². The summed E-state index contributed by atoms with van der Waals surface area (Å²) in [6.45, 7) is 7.07. The number of esters is 3. The maximum atomic E-state index is 12.4. The van der Waals surface area contributed by atoms with Gasteiger partial charge in [-0.25, -0.2) is 4.79 Å². The van der Waals surface area contributed by atoms with Gasteiger partial charge in [0.05, 0.1) is 11.3 Å². The van der Waals surface area contributed by atoms with Gasteiger partial charge >= 0.3 is 17.9 Å². The average Bonchev–Trinajstić information content (AvgIpc) is 3.17. The molecule has 6 heteroatoms. The first-order valence-electron chi connectivity index (χ1n) is 8.99. The van der Waals surface area contributed by atoms with Gasteiger partial charge < -0.3 is 14.2 Å². The summed E-state index contributed by atoms with van der Waals surface area (Å²) in [7, 11) is 0. The molecule has 3 rings (SSSR count). The molecule has 2 aliphatic carbocycles. The fourth-order valence-electron chi connectivity index (χ4n) is 4.37. The summed E-state index contributed by atoms with van der Waals surface area (Å²) in [6.07, 6.45) is 4.47. The molecular weight excluding hydrogens is 324 g/mol. The van der Waals surface area contributed by atoms with E-state index in [1.807, 2.05) is 20.8 Å². The van der Waals surface area contributed by atoms with Crippen LogP contribution in [0.25, 0.3) is 0 Å². The fourth-order valence-corrected chi connectivity index (χ4v) is 4.37. The van der Waals surface area contributed by atoms with Crippen LogP contribution < -0.4 is 0 Å². The zero-order valence-corrected chi connectivity index (χ0v) is 15.2. The Morgan fingerprint density at radius 2 is 2.08 bits per heavy atom. The molecule has 0 radical (unpaired) electrons. The summed E-state index contributed by atoms with van der Waals surface area (Å²) >= 11 is 0. The van der Waals surface area contributed by atoms with E-state index in [1.165, 1.54) is 0 Å². The van der Waals surface area contributed by atoms with Crippen LogP contribution in [-0.4, -0.2) is 36.7 Å². The molecule has 1 aliphatic heterocycles. The number of hydrogen-bond donors (Lipinski definition) is 0. The van der Waals surface area contributed by atoms with Gasteiger partial charge in [0.2, 0.25) is 0 Å². The molecule has 138 valence electrons. The van der Waals surface area contributed by atoms with Gasteiger partial charge in [0.15, 0.2) is 6.61 Å². The van der Waals surface area contributed by atoms with Crippen LogP contribution in [0.15, 0.2) is 12.2 Å². The Hall–Kier alpha value is -1.85. The molecule has 2 bridgehead atoms. The molecule has 0 amide bonds. The van der Waals surface area contributed by atoms with Crippen molar-refractivity contribution in [3.63, 3.8) is 0 Å². The normalized spacial score (nSPS) is 35.1. The van der Waals surface area contributed by atoms with Crippen molar-refractivity contribution in [1.29, 1.82) is 0 Å². The number of rotatable bonds is 6. The first kappa shape index (κ1) is 18.0. The molecule has 6 unspecified atom stereocenters. The maximum Gasteiger partial charge on any atom is 0.344 e. The van der Waals surface area contributed by atoms with Gasteiger partial charge in [-0.2, -0.15) is 0 Å². The summed E-state index contributed by atoms with van der Waals surface area (Å²) in [4.78, 5) is 36.3. The van der Waals surface area contributed by atoms with Gasteiger partial charge in [-0.3, -0.25) is 9.59 Å². The van der Waals surface area contributed by atoms with E-state index >= 15 is 0 Å². The van der Waals surface area contributed by atoms with Crippen molar-refractivity contribution in [2.45, 2.75) is 52.7 Å². The lowest BCUT2D eigenvalue weighted by Gasteiger charge is -2.28. The fraction of sp³-hybridized carbons (Fsp3) is 0.737. The second-order valence-corrected chi connectivity index (χ2v) is 7.87. The van der Waals surface area contributed by atoms with E-state index in [0.29, 0.717) is 0 Å². The monoisotopic (exact) mass is 350 g/mol. The van der Waals surface area contributed by atoms with Crippen LogP contribution in [0, 0.1) is 29.1 Å². The van der Waals surface area contributed by atoms with Gasteiger partial charge in [0.25, 0.3) is 0 Å².